The summed E-state index contributed by atoms with van der Waals surface area (Å²) in [5.41, 5.74) is 3.40. The molecule has 0 radical (unpaired) electrons. The van der Waals surface area contributed by atoms with Gasteiger partial charge in [0.05, 0.1) is 5.52 Å². The van der Waals surface area contributed by atoms with Crippen molar-refractivity contribution in [3.05, 3.63) is 35.2 Å². The van der Waals surface area contributed by atoms with E-state index in [2.05, 4.69) is 60.6 Å². The second-order valence-electron chi connectivity index (χ2n) is 8.71. The highest BCUT2D eigenvalue weighted by Crippen LogP contribution is 2.32. The lowest BCUT2D eigenvalue weighted by Gasteiger charge is -2.15. The van der Waals surface area contributed by atoms with E-state index in [9.17, 15) is 4.79 Å². The number of amides is 1. The van der Waals surface area contributed by atoms with E-state index >= 15 is 0 Å². The molecule has 0 fully saturated rings. The van der Waals surface area contributed by atoms with Crippen molar-refractivity contribution < 1.29 is 9.53 Å². The topological polar surface area (TPSA) is 56.2 Å². The highest BCUT2D eigenvalue weighted by molar-refractivity contribution is 7.13. The lowest BCUT2D eigenvalue weighted by atomic mass is 10.1. The van der Waals surface area contributed by atoms with Crippen molar-refractivity contribution in [3.8, 4) is 10.4 Å². The lowest BCUT2D eigenvalue weighted by molar-refractivity contribution is -0.116. The van der Waals surface area contributed by atoms with Gasteiger partial charge in [-0.15, -0.1) is 11.3 Å². The molecule has 29 heavy (non-hydrogen) atoms. The molecule has 5 nitrogen and oxygen atoms in total. The van der Waals surface area contributed by atoms with Crippen LogP contribution in [-0.2, 0) is 16.3 Å². The predicted octanol–water partition coefficient (Wildman–Crippen LogP) is 6.12. The number of hydrogen-bond donors (Lipinski definition) is 1. The first-order valence-corrected chi connectivity index (χ1v) is 14.8. The molecule has 7 heteroatoms. The highest BCUT2D eigenvalue weighted by Gasteiger charge is 2.16. The van der Waals surface area contributed by atoms with Crippen LogP contribution < -0.4 is 5.32 Å². The normalized spacial score (nSPS) is 11.9. The molecule has 1 N–H and O–H groups in total. The number of carbonyl (C=O) groups excluding carboxylic acids is 1. The highest BCUT2D eigenvalue weighted by atomic mass is 32.1. The summed E-state index contributed by atoms with van der Waals surface area (Å²) in [6.45, 7) is 12.3. The van der Waals surface area contributed by atoms with Gasteiger partial charge >= 0.3 is 0 Å². The van der Waals surface area contributed by atoms with Crippen LogP contribution in [0.5, 0.6) is 0 Å². The molecule has 0 bridgehead atoms. The van der Waals surface area contributed by atoms with Crippen molar-refractivity contribution in [1.29, 1.82) is 0 Å². The number of ether oxygens (including phenoxy) is 1. The summed E-state index contributed by atoms with van der Waals surface area (Å²) >= 11 is 1.74. The molecule has 2 heterocycles. The van der Waals surface area contributed by atoms with Crippen molar-refractivity contribution in [2.45, 2.75) is 59.1 Å². The van der Waals surface area contributed by atoms with Gasteiger partial charge in [-0.2, -0.15) is 5.10 Å². The molecular weight excluding hydrogens is 398 g/mol. The van der Waals surface area contributed by atoms with Gasteiger partial charge in [0.1, 0.15) is 6.73 Å². The monoisotopic (exact) mass is 429 g/mol. The van der Waals surface area contributed by atoms with Crippen LogP contribution in [0.4, 0.5) is 5.82 Å². The van der Waals surface area contributed by atoms with Crippen molar-refractivity contribution in [1.82, 2.24) is 9.78 Å². The molecule has 0 aliphatic carbocycles. The Labute approximate surface area is 178 Å². The maximum Gasteiger partial charge on any atom is 0.225 e. The molecular formula is C22H31N3O2SSi. The second kappa shape index (κ2) is 9.24. The molecule has 1 aromatic carbocycles. The van der Waals surface area contributed by atoms with E-state index < -0.39 is 8.07 Å². The zero-order chi connectivity index (χ0) is 21.0. The Kier molecular flexibility index (Phi) is 6.92. The smallest absolute Gasteiger partial charge is 0.225 e. The first-order valence-electron chi connectivity index (χ1n) is 10.2. The summed E-state index contributed by atoms with van der Waals surface area (Å²) in [6.07, 6.45) is 1.31. The molecule has 3 rings (SSSR count). The van der Waals surface area contributed by atoms with Crippen LogP contribution in [0.25, 0.3) is 21.3 Å². The van der Waals surface area contributed by atoms with Crippen LogP contribution in [0.1, 0.15) is 25.3 Å². The first-order chi connectivity index (χ1) is 13.8. The number of aryl methyl sites for hydroxylation is 1. The minimum Gasteiger partial charge on any atom is -0.360 e. The molecule has 0 saturated heterocycles. The lowest BCUT2D eigenvalue weighted by Crippen LogP contribution is -2.22. The number of rotatable bonds is 9. The number of benzene rings is 1. The van der Waals surface area contributed by atoms with Crippen LogP contribution >= 0.6 is 11.3 Å². The molecule has 0 aliphatic heterocycles. The molecule has 3 aromatic rings. The standard InChI is InChI=1S/C22H31N3O2SSi/c1-6-7-21(26)23-22-18-9-8-17(20-12-16(2)14-28-20)13-19(18)25(24-22)15-27-10-11-29(3,4)5/h8-9,12-14H,6-7,10-11,15H2,1-5H3,(H,23,24,26). The van der Waals surface area contributed by atoms with Crippen molar-refractivity contribution in [3.63, 3.8) is 0 Å². The molecule has 0 spiro atoms. The number of fused-ring (bicyclic) bond motifs is 1. The van der Waals surface area contributed by atoms with Gasteiger partial charge in [-0.3, -0.25) is 4.79 Å². The van der Waals surface area contributed by atoms with Gasteiger partial charge < -0.3 is 10.1 Å². The molecule has 0 saturated carbocycles. The van der Waals surface area contributed by atoms with Gasteiger partial charge in [-0.05, 0) is 54.1 Å². The quantitative estimate of drug-likeness (QED) is 0.329. The van der Waals surface area contributed by atoms with E-state index in [1.54, 1.807) is 11.3 Å². The molecule has 0 aliphatic rings. The summed E-state index contributed by atoms with van der Waals surface area (Å²) in [5.74, 6) is 0.609. The fraction of sp³-hybridized carbons (Fsp3) is 0.455. The fourth-order valence-corrected chi connectivity index (χ4v) is 4.71. The first kappa shape index (κ1) is 21.7. The number of anilines is 1. The largest absolute Gasteiger partial charge is 0.360 e. The molecule has 0 atom stereocenters. The zero-order valence-electron chi connectivity index (χ0n) is 18.0. The third-order valence-corrected chi connectivity index (χ3v) is 7.51. The van der Waals surface area contributed by atoms with E-state index in [-0.39, 0.29) is 5.91 Å². The number of aromatic nitrogens is 2. The Morgan fingerprint density at radius 2 is 2.07 bits per heavy atom. The Hall–Kier alpha value is -1.96. The van der Waals surface area contributed by atoms with E-state index in [1.165, 1.54) is 10.4 Å². The van der Waals surface area contributed by atoms with E-state index in [1.807, 2.05) is 17.7 Å². The SMILES string of the molecule is CCCC(=O)Nc1nn(COCC[Si](C)(C)C)c2cc(-c3cc(C)cs3)ccc12. The van der Waals surface area contributed by atoms with Crippen LogP contribution in [0.3, 0.4) is 0 Å². The minimum atomic E-state index is -1.14. The number of carbonyl (C=O) groups is 1. The summed E-state index contributed by atoms with van der Waals surface area (Å²) in [5, 5.41) is 10.7. The number of nitrogens with zero attached hydrogens (tertiary/aromatic N) is 2. The second-order valence-corrected chi connectivity index (χ2v) is 15.2. The van der Waals surface area contributed by atoms with Gasteiger partial charge in [0.15, 0.2) is 5.82 Å². The van der Waals surface area contributed by atoms with E-state index in [0.29, 0.717) is 19.0 Å². The van der Waals surface area contributed by atoms with Gasteiger partial charge in [-0.25, -0.2) is 4.68 Å². The van der Waals surface area contributed by atoms with Crippen LogP contribution in [0.2, 0.25) is 25.7 Å². The number of nitrogens with one attached hydrogen (secondary N) is 1. The summed E-state index contributed by atoms with van der Waals surface area (Å²) in [7, 11) is -1.14. The van der Waals surface area contributed by atoms with Crippen molar-refractivity contribution in [2.75, 3.05) is 11.9 Å². The molecule has 156 valence electrons. The third kappa shape index (κ3) is 5.78. The summed E-state index contributed by atoms with van der Waals surface area (Å²) in [4.78, 5) is 13.4. The van der Waals surface area contributed by atoms with E-state index in [4.69, 9.17) is 4.74 Å². The van der Waals surface area contributed by atoms with Gasteiger partial charge in [-0.1, -0.05) is 32.6 Å². The Morgan fingerprint density at radius 1 is 1.28 bits per heavy atom. The Morgan fingerprint density at radius 3 is 2.72 bits per heavy atom. The van der Waals surface area contributed by atoms with Gasteiger partial charge in [0.25, 0.3) is 0 Å². The van der Waals surface area contributed by atoms with Crippen molar-refractivity contribution in [2.24, 2.45) is 0 Å². The summed E-state index contributed by atoms with van der Waals surface area (Å²) in [6, 6.07) is 9.60. The zero-order valence-corrected chi connectivity index (χ0v) is 19.9. The fourth-order valence-electron chi connectivity index (χ4n) is 3.05. The van der Waals surface area contributed by atoms with Gasteiger partial charge in [0, 0.05) is 31.4 Å². The van der Waals surface area contributed by atoms with Crippen molar-refractivity contribution >= 4 is 42.0 Å². The molecule has 0 unspecified atom stereocenters. The van der Waals surface area contributed by atoms with E-state index in [0.717, 1.165) is 35.5 Å². The Bertz CT molecular complexity index is 988. The number of thiophene rings is 1. The maximum absolute atomic E-state index is 12.1. The average molecular weight is 430 g/mol. The van der Waals surface area contributed by atoms with Crippen LogP contribution in [0, 0.1) is 6.92 Å². The van der Waals surface area contributed by atoms with Gasteiger partial charge in [0.2, 0.25) is 5.91 Å². The maximum atomic E-state index is 12.1. The molecule has 1 amide bonds. The summed E-state index contributed by atoms with van der Waals surface area (Å²) < 4.78 is 7.81. The van der Waals surface area contributed by atoms with Crippen LogP contribution in [-0.4, -0.2) is 30.4 Å². The average Bonchev–Trinajstić information content (AvgIpc) is 3.22. The Balaban J connectivity index is 1.89. The predicted molar refractivity (Wildman–Crippen MR) is 125 cm³/mol. The minimum absolute atomic E-state index is 0.00309. The third-order valence-electron chi connectivity index (χ3n) is 4.71. The molecule has 2 aromatic heterocycles. The number of hydrogen-bond acceptors (Lipinski definition) is 4. The van der Waals surface area contributed by atoms with Crippen LogP contribution in [0.15, 0.2) is 29.6 Å².